The van der Waals surface area contributed by atoms with Crippen LogP contribution in [0.3, 0.4) is 0 Å². The first kappa shape index (κ1) is 10.0. The van der Waals surface area contributed by atoms with Gasteiger partial charge < -0.3 is 4.98 Å². The number of imidazole rings is 1. The highest BCUT2D eigenvalue weighted by atomic mass is 32.2. The number of aromatic amines is 1. The van der Waals surface area contributed by atoms with Gasteiger partial charge in [0, 0.05) is 12.4 Å². The van der Waals surface area contributed by atoms with Crippen molar-refractivity contribution < 1.29 is 8.42 Å². The van der Waals surface area contributed by atoms with E-state index in [1.165, 1.54) is 6.20 Å². The molecule has 0 radical (unpaired) electrons. The molecule has 0 aliphatic heterocycles. The molecule has 0 amide bonds. The Kier molecular flexibility index (Phi) is 3.30. The first-order chi connectivity index (χ1) is 6.14. The van der Waals surface area contributed by atoms with Gasteiger partial charge in [0.2, 0.25) is 16.0 Å². The van der Waals surface area contributed by atoms with E-state index in [9.17, 15) is 8.42 Å². The van der Waals surface area contributed by atoms with Gasteiger partial charge in [-0.1, -0.05) is 13.3 Å². The van der Waals surface area contributed by atoms with Gasteiger partial charge in [-0.15, -0.1) is 0 Å². The van der Waals surface area contributed by atoms with Crippen LogP contribution in [0, 0.1) is 0 Å². The lowest BCUT2D eigenvalue weighted by Gasteiger charge is -2.03. The Hall–Kier alpha value is -1.04. The topological polar surface area (TPSA) is 74.8 Å². The molecule has 0 bridgehead atoms. The fraction of sp³-hybridized carbons (Fsp3) is 0.571. The van der Waals surface area contributed by atoms with Gasteiger partial charge >= 0.3 is 0 Å². The third-order valence-corrected chi connectivity index (χ3v) is 2.85. The molecule has 0 aromatic carbocycles. The van der Waals surface area contributed by atoms with E-state index in [1.807, 2.05) is 6.92 Å². The van der Waals surface area contributed by atoms with Crippen LogP contribution in [0.15, 0.2) is 12.4 Å². The maximum atomic E-state index is 11.3. The van der Waals surface area contributed by atoms with Crippen molar-refractivity contribution >= 4 is 16.0 Å². The van der Waals surface area contributed by atoms with E-state index < -0.39 is 10.0 Å². The summed E-state index contributed by atoms with van der Waals surface area (Å²) in [6, 6.07) is 0. The van der Waals surface area contributed by atoms with Gasteiger partial charge in [0.25, 0.3) is 0 Å². The molecule has 0 atom stereocenters. The van der Waals surface area contributed by atoms with Crippen LogP contribution in [0.4, 0.5) is 5.95 Å². The molecule has 1 aromatic rings. The van der Waals surface area contributed by atoms with Crippen LogP contribution in [-0.2, 0) is 10.0 Å². The molecule has 0 saturated heterocycles. The van der Waals surface area contributed by atoms with Crippen molar-refractivity contribution in [1.82, 2.24) is 9.97 Å². The van der Waals surface area contributed by atoms with E-state index in [0.29, 0.717) is 6.42 Å². The summed E-state index contributed by atoms with van der Waals surface area (Å²) < 4.78 is 24.9. The zero-order valence-electron chi connectivity index (χ0n) is 7.45. The largest absolute Gasteiger partial charge is 0.330 e. The second-order valence-corrected chi connectivity index (χ2v) is 4.55. The minimum atomic E-state index is -3.21. The highest BCUT2D eigenvalue weighted by molar-refractivity contribution is 7.92. The van der Waals surface area contributed by atoms with Crippen molar-refractivity contribution in [1.29, 1.82) is 0 Å². The molecule has 1 aromatic heterocycles. The molecule has 74 valence electrons. The highest BCUT2D eigenvalue weighted by Crippen LogP contribution is 2.02. The zero-order valence-corrected chi connectivity index (χ0v) is 8.26. The van der Waals surface area contributed by atoms with E-state index >= 15 is 0 Å². The van der Waals surface area contributed by atoms with E-state index in [0.717, 1.165) is 6.42 Å². The van der Waals surface area contributed by atoms with Crippen molar-refractivity contribution in [3.63, 3.8) is 0 Å². The van der Waals surface area contributed by atoms with Crippen LogP contribution in [0.2, 0.25) is 0 Å². The van der Waals surface area contributed by atoms with Crippen molar-refractivity contribution in [3.05, 3.63) is 12.4 Å². The molecule has 0 aliphatic carbocycles. The second-order valence-electron chi connectivity index (χ2n) is 2.71. The van der Waals surface area contributed by atoms with E-state index in [4.69, 9.17) is 0 Å². The molecule has 0 unspecified atom stereocenters. The number of nitrogens with one attached hydrogen (secondary N) is 2. The van der Waals surface area contributed by atoms with E-state index in [2.05, 4.69) is 14.7 Å². The van der Waals surface area contributed by atoms with Gasteiger partial charge in [0.15, 0.2) is 0 Å². The third kappa shape index (κ3) is 3.45. The lowest BCUT2D eigenvalue weighted by atomic mass is 10.4. The van der Waals surface area contributed by atoms with Crippen LogP contribution in [-0.4, -0.2) is 24.1 Å². The maximum Gasteiger partial charge on any atom is 0.234 e. The maximum absolute atomic E-state index is 11.3. The summed E-state index contributed by atoms with van der Waals surface area (Å²) in [4.78, 5) is 6.43. The van der Waals surface area contributed by atoms with Crippen LogP contribution in [0.25, 0.3) is 0 Å². The summed E-state index contributed by atoms with van der Waals surface area (Å²) in [6.07, 6.45) is 4.59. The Morgan fingerprint density at radius 1 is 1.62 bits per heavy atom. The monoisotopic (exact) mass is 203 g/mol. The van der Waals surface area contributed by atoms with Crippen LogP contribution >= 0.6 is 0 Å². The molecular formula is C7H13N3O2S. The standard InChI is InChI=1S/C7H13N3O2S/c1-2-3-6-13(11,12)10-7-8-4-5-9-7/h4-5H,2-3,6H2,1H3,(H2,8,9,10). The molecule has 1 rings (SSSR count). The lowest BCUT2D eigenvalue weighted by molar-refractivity contribution is 0.597. The van der Waals surface area contributed by atoms with E-state index in [-0.39, 0.29) is 11.7 Å². The smallest absolute Gasteiger partial charge is 0.234 e. The molecular weight excluding hydrogens is 190 g/mol. The number of unbranched alkanes of at least 4 members (excludes halogenated alkanes) is 1. The number of rotatable bonds is 5. The molecule has 0 saturated carbocycles. The molecule has 1 heterocycles. The van der Waals surface area contributed by atoms with Crippen molar-refractivity contribution in [3.8, 4) is 0 Å². The van der Waals surface area contributed by atoms with Gasteiger partial charge in [0.1, 0.15) is 0 Å². The lowest BCUT2D eigenvalue weighted by Crippen LogP contribution is -2.17. The second kappa shape index (κ2) is 4.27. The van der Waals surface area contributed by atoms with E-state index in [1.54, 1.807) is 6.20 Å². The molecule has 0 spiro atoms. The van der Waals surface area contributed by atoms with Crippen LogP contribution < -0.4 is 4.72 Å². The summed E-state index contributed by atoms with van der Waals surface area (Å²) in [5.74, 6) is 0.417. The van der Waals surface area contributed by atoms with Crippen LogP contribution in [0.5, 0.6) is 0 Å². The van der Waals surface area contributed by atoms with Gasteiger partial charge in [-0.2, -0.15) is 0 Å². The molecule has 0 fully saturated rings. The molecule has 5 nitrogen and oxygen atoms in total. The number of sulfonamides is 1. The number of H-pyrrole nitrogens is 1. The molecule has 13 heavy (non-hydrogen) atoms. The first-order valence-corrected chi connectivity index (χ1v) is 5.79. The zero-order chi connectivity index (χ0) is 9.73. The van der Waals surface area contributed by atoms with Crippen molar-refractivity contribution in [2.24, 2.45) is 0 Å². The minimum absolute atomic E-state index is 0.143. The predicted octanol–water partition coefficient (Wildman–Crippen LogP) is 0.951. The Balaban J connectivity index is 2.53. The molecule has 2 N–H and O–H groups in total. The highest BCUT2D eigenvalue weighted by Gasteiger charge is 2.09. The summed E-state index contributed by atoms with van der Waals surface area (Å²) in [5.41, 5.74) is 0. The fourth-order valence-electron chi connectivity index (χ4n) is 0.854. The van der Waals surface area contributed by atoms with Crippen LogP contribution in [0.1, 0.15) is 19.8 Å². The fourth-order valence-corrected chi connectivity index (χ4v) is 2.03. The number of hydrogen-bond acceptors (Lipinski definition) is 3. The summed E-state index contributed by atoms with van der Waals surface area (Å²) in [7, 11) is -3.21. The van der Waals surface area contributed by atoms with Gasteiger partial charge in [0.05, 0.1) is 5.75 Å². The van der Waals surface area contributed by atoms with Gasteiger partial charge in [-0.05, 0) is 6.42 Å². The summed E-state index contributed by atoms with van der Waals surface area (Å²) in [6.45, 7) is 1.95. The number of nitrogens with zero attached hydrogens (tertiary/aromatic N) is 1. The third-order valence-electron chi connectivity index (χ3n) is 1.52. The quantitative estimate of drug-likeness (QED) is 0.748. The van der Waals surface area contributed by atoms with Crippen molar-refractivity contribution in [2.45, 2.75) is 19.8 Å². The summed E-state index contributed by atoms with van der Waals surface area (Å²) >= 11 is 0. The Morgan fingerprint density at radius 2 is 2.38 bits per heavy atom. The Bertz CT molecular complexity index is 331. The first-order valence-electron chi connectivity index (χ1n) is 4.14. The Morgan fingerprint density at radius 3 is 2.92 bits per heavy atom. The SMILES string of the molecule is CCCCS(=O)(=O)Nc1ncc[nH]1. The predicted molar refractivity (Wildman–Crippen MR) is 50.9 cm³/mol. The normalized spacial score (nSPS) is 11.5. The van der Waals surface area contributed by atoms with Crippen molar-refractivity contribution in [2.75, 3.05) is 10.5 Å². The average molecular weight is 203 g/mol. The number of anilines is 1. The number of hydrogen-bond donors (Lipinski definition) is 2. The minimum Gasteiger partial charge on any atom is -0.330 e. The summed E-state index contributed by atoms with van der Waals surface area (Å²) in [5, 5.41) is 0. The molecule has 6 heteroatoms. The Labute approximate surface area is 77.6 Å². The number of aromatic nitrogens is 2. The molecule has 0 aliphatic rings. The van der Waals surface area contributed by atoms with Gasteiger partial charge in [-0.25, -0.2) is 13.4 Å². The average Bonchev–Trinajstić information content (AvgIpc) is 2.52. The van der Waals surface area contributed by atoms with Gasteiger partial charge in [-0.3, -0.25) is 4.72 Å².